The summed E-state index contributed by atoms with van der Waals surface area (Å²) in [5.41, 5.74) is -0.792. The summed E-state index contributed by atoms with van der Waals surface area (Å²) in [6.45, 7) is 4.06. The van der Waals surface area contributed by atoms with Crippen molar-refractivity contribution in [3.63, 3.8) is 0 Å². The minimum Gasteiger partial charge on any atom is -0.394 e. The first-order chi connectivity index (χ1) is 7.63. The lowest BCUT2D eigenvalue weighted by Gasteiger charge is -2.26. The van der Waals surface area contributed by atoms with E-state index in [-0.39, 0.29) is 13.2 Å². The molecule has 0 radical (unpaired) electrons. The molecule has 0 atom stereocenters. The monoisotopic (exact) mass is 226 g/mol. The highest BCUT2D eigenvalue weighted by Gasteiger charge is 2.22. The second kappa shape index (κ2) is 5.62. The fourth-order valence-corrected chi connectivity index (χ4v) is 1.13. The van der Waals surface area contributed by atoms with Crippen LogP contribution >= 0.6 is 0 Å². The maximum Gasteiger partial charge on any atom is 0.147 e. The van der Waals surface area contributed by atoms with Crippen molar-refractivity contribution < 1.29 is 10.2 Å². The van der Waals surface area contributed by atoms with Gasteiger partial charge in [0, 0.05) is 6.54 Å². The fraction of sp³-hybridized carbons (Fsp3) is 0.600. The standard InChI is InChI=1S/C10H18N4O2/c1-3-12-8-4-11-5-9(13-8)14-10(2,6-15)7-16/h4-5,15-16H,3,6-7H2,1-2H3,(H2,12,13,14). The number of nitrogens with zero attached hydrogens (tertiary/aromatic N) is 2. The van der Waals surface area contributed by atoms with E-state index in [1.165, 1.54) is 0 Å². The lowest BCUT2D eigenvalue weighted by Crippen LogP contribution is -2.42. The van der Waals surface area contributed by atoms with Crippen LogP contribution in [0.15, 0.2) is 12.4 Å². The number of aromatic nitrogens is 2. The molecule has 0 fully saturated rings. The number of hydrogen-bond acceptors (Lipinski definition) is 6. The molecule has 0 aromatic carbocycles. The third kappa shape index (κ3) is 3.32. The van der Waals surface area contributed by atoms with Crippen molar-refractivity contribution in [2.45, 2.75) is 19.4 Å². The molecule has 0 aliphatic carbocycles. The van der Waals surface area contributed by atoms with Crippen molar-refractivity contribution in [3.8, 4) is 0 Å². The van der Waals surface area contributed by atoms with E-state index >= 15 is 0 Å². The van der Waals surface area contributed by atoms with Crippen molar-refractivity contribution in [2.75, 3.05) is 30.4 Å². The van der Waals surface area contributed by atoms with E-state index < -0.39 is 5.54 Å². The number of nitrogens with one attached hydrogen (secondary N) is 2. The van der Waals surface area contributed by atoms with Gasteiger partial charge in [-0.15, -0.1) is 0 Å². The Hall–Kier alpha value is -1.40. The Morgan fingerprint density at radius 2 is 1.88 bits per heavy atom. The van der Waals surface area contributed by atoms with Crippen LogP contribution in [0.3, 0.4) is 0 Å². The van der Waals surface area contributed by atoms with Crippen LogP contribution in [0, 0.1) is 0 Å². The lowest BCUT2D eigenvalue weighted by molar-refractivity contribution is 0.147. The number of hydrogen-bond donors (Lipinski definition) is 4. The van der Waals surface area contributed by atoms with Gasteiger partial charge in [-0.3, -0.25) is 4.98 Å². The highest BCUT2D eigenvalue weighted by Crippen LogP contribution is 2.13. The third-order valence-electron chi connectivity index (χ3n) is 2.12. The number of aliphatic hydroxyl groups is 2. The van der Waals surface area contributed by atoms with Crippen LogP contribution in [0.25, 0.3) is 0 Å². The summed E-state index contributed by atoms with van der Waals surface area (Å²) in [6.07, 6.45) is 3.16. The van der Waals surface area contributed by atoms with Gasteiger partial charge in [-0.05, 0) is 13.8 Å². The molecule has 1 rings (SSSR count). The Labute approximate surface area is 94.7 Å². The van der Waals surface area contributed by atoms with E-state index in [1.807, 2.05) is 6.92 Å². The summed E-state index contributed by atoms with van der Waals surface area (Å²) in [4.78, 5) is 8.24. The highest BCUT2D eigenvalue weighted by atomic mass is 16.3. The topological polar surface area (TPSA) is 90.3 Å². The van der Waals surface area contributed by atoms with Gasteiger partial charge in [0.15, 0.2) is 0 Å². The molecule has 0 amide bonds. The molecule has 0 unspecified atom stereocenters. The van der Waals surface area contributed by atoms with E-state index in [9.17, 15) is 0 Å². The Balaban J connectivity index is 2.76. The summed E-state index contributed by atoms with van der Waals surface area (Å²) >= 11 is 0. The quantitative estimate of drug-likeness (QED) is 0.548. The van der Waals surface area contributed by atoms with Crippen molar-refractivity contribution >= 4 is 11.6 Å². The molecule has 1 heterocycles. The van der Waals surface area contributed by atoms with Gasteiger partial charge in [0.1, 0.15) is 11.6 Å². The van der Waals surface area contributed by atoms with Crippen LogP contribution in [0.5, 0.6) is 0 Å². The molecule has 0 saturated carbocycles. The summed E-state index contributed by atoms with van der Waals surface area (Å²) in [6, 6.07) is 0. The Bertz CT molecular complexity index is 328. The van der Waals surface area contributed by atoms with Crippen LogP contribution in [0.4, 0.5) is 11.6 Å². The lowest BCUT2D eigenvalue weighted by atomic mass is 10.1. The molecule has 0 bridgehead atoms. The van der Waals surface area contributed by atoms with Gasteiger partial charge in [0.05, 0.1) is 31.1 Å². The third-order valence-corrected chi connectivity index (χ3v) is 2.12. The van der Waals surface area contributed by atoms with Gasteiger partial charge in [-0.2, -0.15) is 0 Å². The summed E-state index contributed by atoms with van der Waals surface area (Å²) in [7, 11) is 0. The molecule has 90 valence electrons. The number of rotatable bonds is 6. The molecule has 1 aromatic rings. The van der Waals surface area contributed by atoms with Crippen molar-refractivity contribution in [3.05, 3.63) is 12.4 Å². The molecule has 0 saturated heterocycles. The zero-order chi connectivity index (χ0) is 12.0. The Kier molecular flexibility index (Phi) is 4.45. The first kappa shape index (κ1) is 12.7. The molecule has 1 aromatic heterocycles. The normalized spacial score (nSPS) is 11.2. The van der Waals surface area contributed by atoms with E-state index in [0.717, 1.165) is 6.54 Å². The predicted octanol–water partition coefficient (Wildman–Crippen LogP) is 0.0636. The van der Waals surface area contributed by atoms with Crippen LogP contribution in [-0.4, -0.2) is 45.5 Å². The molecule has 4 N–H and O–H groups in total. The van der Waals surface area contributed by atoms with Crippen LogP contribution < -0.4 is 10.6 Å². The van der Waals surface area contributed by atoms with Crippen molar-refractivity contribution in [2.24, 2.45) is 0 Å². The molecule has 16 heavy (non-hydrogen) atoms. The first-order valence-electron chi connectivity index (χ1n) is 5.19. The maximum atomic E-state index is 9.13. The average molecular weight is 226 g/mol. The number of anilines is 2. The SMILES string of the molecule is CCNc1cncc(NC(C)(CO)CO)n1. The summed E-state index contributed by atoms with van der Waals surface area (Å²) in [5.74, 6) is 1.18. The minimum absolute atomic E-state index is 0.184. The van der Waals surface area contributed by atoms with Gasteiger partial charge in [-0.1, -0.05) is 0 Å². The van der Waals surface area contributed by atoms with Gasteiger partial charge in [0.25, 0.3) is 0 Å². The first-order valence-corrected chi connectivity index (χ1v) is 5.19. The van der Waals surface area contributed by atoms with Crippen LogP contribution in [0.2, 0.25) is 0 Å². The van der Waals surface area contributed by atoms with Crippen LogP contribution in [0.1, 0.15) is 13.8 Å². The predicted molar refractivity (Wildman–Crippen MR) is 62.4 cm³/mol. The molecule has 0 aliphatic rings. The highest BCUT2D eigenvalue weighted by molar-refractivity contribution is 5.43. The zero-order valence-corrected chi connectivity index (χ0v) is 9.56. The zero-order valence-electron chi connectivity index (χ0n) is 9.56. The average Bonchev–Trinajstić information content (AvgIpc) is 2.30. The summed E-state index contributed by atoms with van der Waals surface area (Å²) < 4.78 is 0. The fourth-order valence-electron chi connectivity index (χ4n) is 1.13. The van der Waals surface area contributed by atoms with E-state index in [2.05, 4.69) is 20.6 Å². The van der Waals surface area contributed by atoms with Gasteiger partial charge in [0.2, 0.25) is 0 Å². The van der Waals surface area contributed by atoms with E-state index in [0.29, 0.717) is 11.6 Å². The molecule has 6 heteroatoms. The summed E-state index contributed by atoms with van der Waals surface area (Å²) in [5, 5.41) is 24.2. The molecule has 6 nitrogen and oxygen atoms in total. The molecule has 0 spiro atoms. The Morgan fingerprint density at radius 3 is 2.44 bits per heavy atom. The smallest absolute Gasteiger partial charge is 0.147 e. The molecule has 0 aliphatic heterocycles. The Morgan fingerprint density at radius 1 is 1.25 bits per heavy atom. The van der Waals surface area contributed by atoms with Gasteiger partial charge < -0.3 is 20.8 Å². The molecular formula is C10H18N4O2. The maximum absolute atomic E-state index is 9.13. The largest absolute Gasteiger partial charge is 0.394 e. The van der Waals surface area contributed by atoms with Crippen molar-refractivity contribution in [1.29, 1.82) is 0 Å². The second-order valence-corrected chi connectivity index (χ2v) is 3.82. The van der Waals surface area contributed by atoms with Gasteiger partial charge in [-0.25, -0.2) is 4.98 Å². The minimum atomic E-state index is -0.792. The van der Waals surface area contributed by atoms with Gasteiger partial charge >= 0.3 is 0 Å². The second-order valence-electron chi connectivity index (χ2n) is 3.82. The number of aliphatic hydroxyl groups excluding tert-OH is 2. The molecular weight excluding hydrogens is 208 g/mol. The van der Waals surface area contributed by atoms with Crippen molar-refractivity contribution in [1.82, 2.24) is 9.97 Å². The van der Waals surface area contributed by atoms with Crippen LogP contribution in [-0.2, 0) is 0 Å². The van der Waals surface area contributed by atoms with E-state index in [4.69, 9.17) is 10.2 Å². The van der Waals surface area contributed by atoms with E-state index in [1.54, 1.807) is 19.3 Å².